The molecule has 0 fully saturated rings. The van der Waals surface area contributed by atoms with Crippen molar-refractivity contribution in [2.75, 3.05) is 0 Å². The first-order chi connectivity index (χ1) is 9.99. The SMILES string of the molecule is C/C(=N\NC(=O)c1ccc(C)c(C)c1)c1ccccc1Cl. The van der Waals surface area contributed by atoms with E-state index in [1.807, 2.05) is 51.1 Å². The van der Waals surface area contributed by atoms with Gasteiger partial charge < -0.3 is 0 Å². The lowest BCUT2D eigenvalue weighted by Gasteiger charge is -2.06. The van der Waals surface area contributed by atoms with Crippen molar-refractivity contribution >= 4 is 23.2 Å². The summed E-state index contributed by atoms with van der Waals surface area (Å²) in [6, 6.07) is 13.0. The molecule has 0 aliphatic rings. The van der Waals surface area contributed by atoms with Gasteiger partial charge >= 0.3 is 0 Å². The Hall–Kier alpha value is -2.13. The quantitative estimate of drug-likeness (QED) is 0.672. The van der Waals surface area contributed by atoms with Crippen LogP contribution >= 0.6 is 11.6 Å². The van der Waals surface area contributed by atoms with E-state index in [1.165, 1.54) is 0 Å². The predicted octanol–water partition coefficient (Wildman–Crippen LogP) is 4.11. The predicted molar refractivity (Wildman–Crippen MR) is 87.0 cm³/mol. The monoisotopic (exact) mass is 300 g/mol. The van der Waals surface area contributed by atoms with Crippen LogP contribution in [0.15, 0.2) is 47.6 Å². The van der Waals surface area contributed by atoms with E-state index in [9.17, 15) is 4.79 Å². The van der Waals surface area contributed by atoms with Crippen LogP contribution in [0.25, 0.3) is 0 Å². The van der Waals surface area contributed by atoms with Crippen LogP contribution in [0.3, 0.4) is 0 Å². The van der Waals surface area contributed by atoms with E-state index in [4.69, 9.17) is 11.6 Å². The Balaban J connectivity index is 2.14. The zero-order chi connectivity index (χ0) is 15.4. The van der Waals surface area contributed by atoms with E-state index in [-0.39, 0.29) is 5.91 Å². The van der Waals surface area contributed by atoms with Gasteiger partial charge in [-0.05, 0) is 50.1 Å². The summed E-state index contributed by atoms with van der Waals surface area (Å²) in [5.41, 5.74) is 6.86. The molecule has 2 aromatic carbocycles. The molecule has 2 aromatic rings. The van der Waals surface area contributed by atoms with Crippen molar-refractivity contribution in [3.05, 3.63) is 69.7 Å². The summed E-state index contributed by atoms with van der Waals surface area (Å²) in [5, 5.41) is 4.73. The largest absolute Gasteiger partial charge is 0.271 e. The number of carbonyl (C=O) groups excluding carboxylic acids is 1. The molecule has 1 N–H and O–H groups in total. The molecule has 0 saturated heterocycles. The van der Waals surface area contributed by atoms with Crippen molar-refractivity contribution in [2.45, 2.75) is 20.8 Å². The van der Waals surface area contributed by atoms with E-state index >= 15 is 0 Å². The molecule has 0 aromatic heterocycles. The van der Waals surface area contributed by atoms with Crippen molar-refractivity contribution in [3.8, 4) is 0 Å². The Morgan fingerprint density at radius 2 is 1.81 bits per heavy atom. The van der Waals surface area contributed by atoms with E-state index in [0.717, 1.165) is 16.7 Å². The standard InChI is InChI=1S/C17H17ClN2O/c1-11-8-9-14(10-12(11)2)17(21)20-19-13(3)15-6-4-5-7-16(15)18/h4-10H,1-3H3,(H,20,21)/b19-13+. The summed E-state index contributed by atoms with van der Waals surface area (Å²) < 4.78 is 0. The number of carbonyl (C=O) groups is 1. The van der Waals surface area contributed by atoms with Crippen LogP contribution in [0.2, 0.25) is 5.02 Å². The summed E-state index contributed by atoms with van der Waals surface area (Å²) in [6.45, 7) is 5.79. The number of nitrogens with zero attached hydrogens (tertiary/aromatic N) is 1. The molecule has 1 amide bonds. The zero-order valence-electron chi connectivity index (χ0n) is 12.3. The highest BCUT2D eigenvalue weighted by atomic mass is 35.5. The molecule has 0 radical (unpaired) electrons. The maximum absolute atomic E-state index is 12.1. The van der Waals surface area contributed by atoms with E-state index < -0.39 is 0 Å². The van der Waals surface area contributed by atoms with Crippen LogP contribution in [0, 0.1) is 13.8 Å². The summed E-state index contributed by atoms with van der Waals surface area (Å²) in [5.74, 6) is -0.232. The number of amides is 1. The molecule has 4 heteroatoms. The molecule has 0 spiro atoms. The molecule has 0 unspecified atom stereocenters. The van der Waals surface area contributed by atoms with Gasteiger partial charge in [-0.2, -0.15) is 5.10 Å². The Morgan fingerprint density at radius 3 is 2.48 bits per heavy atom. The van der Waals surface area contributed by atoms with Crippen molar-refractivity contribution in [1.82, 2.24) is 5.43 Å². The van der Waals surface area contributed by atoms with Gasteiger partial charge in [0, 0.05) is 16.1 Å². The first kappa shape index (κ1) is 15.3. The summed E-state index contributed by atoms with van der Waals surface area (Å²) in [7, 11) is 0. The molecule has 0 aliphatic heterocycles. The van der Waals surface area contributed by atoms with E-state index in [2.05, 4.69) is 10.5 Å². The van der Waals surface area contributed by atoms with Gasteiger partial charge in [0.2, 0.25) is 0 Å². The second-order valence-corrected chi connectivity index (χ2v) is 5.32. The number of hydrazone groups is 1. The van der Waals surface area contributed by atoms with Crippen LogP contribution in [0.5, 0.6) is 0 Å². The smallest absolute Gasteiger partial charge is 0.267 e. The Labute approximate surface area is 129 Å². The molecule has 0 aliphatic carbocycles. The molecule has 108 valence electrons. The highest BCUT2D eigenvalue weighted by molar-refractivity contribution is 6.34. The van der Waals surface area contributed by atoms with Gasteiger partial charge in [0.05, 0.1) is 5.71 Å². The number of benzene rings is 2. The molecule has 0 saturated carbocycles. The van der Waals surface area contributed by atoms with Crippen LogP contribution in [0.4, 0.5) is 0 Å². The fourth-order valence-electron chi connectivity index (χ4n) is 1.90. The molecule has 0 atom stereocenters. The number of nitrogens with one attached hydrogen (secondary N) is 1. The molecule has 21 heavy (non-hydrogen) atoms. The van der Waals surface area contributed by atoms with Gasteiger partial charge in [-0.25, -0.2) is 5.43 Å². The molecule has 0 heterocycles. The van der Waals surface area contributed by atoms with Gasteiger partial charge in [0.15, 0.2) is 0 Å². The first-order valence-electron chi connectivity index (χ1n) is 6.66. The minimum absolute atomic E-state index is 0.232. The van der Waals surface area contributed by atoms with E-state index in [0.29, 0.717) is 16.3 Å². The lowest BCUT2D eigenvalue weighted by Crippen LogP contribution is -2.19. The highest BCUT2D eigenvalue weighted by Crippen LogP contribution is 2.15. The average Bonchev–Trinajstić information content (AvgIpc) is 2.47. The lowest BCUT2D eigenvalue weighted by atomic mass is 10.1. The summed E-state index contributed by atoms with van der Waals surface area (Å²) in [6.07, 6.45) is 0. The van der Waals surface area contributed by atoms with Crippen molar-refractivity contribution in [3.63, 3.8) is 0 Å². The van der Waals surface area contributed by atoms with Gasteiger partial charge in [0.1, 0.15) is 0 Å². The molecule has 2 rings (SSSR count). The van der Waals surface area contributed by atoms with Gasteiger partial charge in [-0.15, -0.1) is 0 Å². The highest BCUT2D eigenvalue weighted by Gasteiger charge is 2.07. The number of rotatable bonds is 3. The lowest BCUT2D eigenvalue weighted by molar-refractivity contribution is 0.0954. The summed E-state index contributed by atoms with van der Waals surface area (Å²) in [4.78, 5) is 12.1. The van der Waals surface area contributed by atoms with Crippen molar-refractivity contribution in [2.24, 2.45) is 5.10 Å². The van der Waals surface area contributed by atoms with Crippen LogP contribution in [-0.4, -0.2) is 11.6 Å². The van der Waals surface area contributed by atoms with Crippen LogP contribution in [-0.2, 0) is 0 Å². The Kier molecular flexibility index (Phi) is 4.76. The van der Waals surface area contributed by atoms with Crippen molar-refractivity contribution in [1.29, 1.82) is 0 Å². The first-order valence-corrected chi connectivity index (χ1v) is 7.03. The molecular weight excluding hydrogens is 284 g/mol. The Morgan fingerprint density at radius 1 is 1.10 bits per heavy atom. The number of aryl methyl sites for hydroxylation is 2. The fourth-order valence-corrected chi connectivity index (χ4v) is 2.17. The maximum atomic E-state index is 12.1. The normalized spacial score (nSPS) is 11.3. The zero-order valence-corrected chi connectivity index (χ0v) is 13.0. The topological polar surface area (TPSA) is 41.5 Å². The van der Waals surface area contributed by atoms with Gasteiger partial charge in [-0.3, -0.25) is 4.79 Å². The third-order valence-electron chi connectivity index (χ3n) is 3.36. The molecule has 3 nitrogen and oxygen atoms in total. The maximum Gasteiger partial charge on any atom is 0.271 e. The molecular formula is C17H17ClN2O. The second-order valence-electron chi connectivity index (χ2n) is 4.92. The van der Waals surface area contributed by atoms with Gasteiger partial charge in [-0.1, -0.05) is 35.9 Å². The average molecular weight is 301 g/mol. The van der Waals surface area contributed by atoms with Crippen LogP contribution in [0.1, 0.15) is 34.0 Å². The second kappa shape index (κ2) is 6.55. The third kappa shape index (κ3) is 3.70. The minimum Gasteiger partial charge on any atom is -0.267 e. The van der Waals surface area contributed by atoms with Crippen molar-refractivity contribution < 1.29 is 4.79 Å². The number of halogens is 1. The number of hydrogen-bond donors (Lipinski definition) is 1. The van der Waals surface area contributed by atoms with Gasteiger partial charge in [0.25, 0.3) is 5.91 Å². The van der Waals surface area contributed by atoms with Crippen LogP contribution < -0.4 is 5.43 Å². The van der Waals surface area contributed by atoms with E-state index in [1.54, 1.807) is 12.1 Å². The fraction of sp³-hybridized carbons (Fsp3) is 0.176. The third-order valence-corrected chi connectivity index (χ3v) is 3.69. The minimum atomic E-state index is -0.232. The summed E-state index contributed by atoms with van der Waals surface area (Å²) >= 11 is 6.10. The molecule has 0 bridgehead atoms. The number of hydrogen-bond acceptors (Lipinski definition) is 2. The Bertz CT molecular complexity index is 708.